The van der Waals surface area contributed by atoms with E-state index in [0.29, 0.717) is 23.7 Å². The molecule has 0 saturated heterocycles. The molecule has 0 bridgehead atoms. The molecule has 4 nitrogen and oxygen atoms in total. The number of ketones is 1. The molecule has 0 radical (unpaired) electrons. The summed E-state index contributed by atoms with van der Waals surface area (Å²) in [5.41, 5.74) is 0.946. The highest BCUT2D eigenvalue weighted by Gasteiger charge is 2.14. The van der Waals surface area contributed by atoms with Crippen LogP contribution in [0.4, 0.5) is 0 Å². The van der Waals surface area contributed by atoms with Gasteiger partial charge < -0.3 is 10.6 Å². The van der Waals surface area contributed by atoms with Crippen molar-refractivity contribution in [3.8, 4) is 0 Å². The molecule has 0 heterocycles. The van der Waals surface area contributed by atoms with Crippen molar-refractivity contribution in [2.45, 2.75) is 51.5 Å². The fourth-order valence-corrected chi connectivity index (χ4v) is 3.02. The van der Waals surface area contributed by atoms with Gasteiger partial charge in [-0.2, -0.15) is 0 Å². The van der Waals surface area contributed by atoms with Crippen molar-refractivity contribution in [2.75, 3.05) is 13.1 Å². The number of hydrogen-bond acceptors (Lipinski definition) is 3. The second kappa shape index (κ2) is 10.4. The Morgan fingerprint density at radius 1 is 1.00 bits per heavy atom. The van der Waals surface area contributed by atoms with Crippen molar-refractivity contribution in [3.05, 3.63) is 35.4 Å². The number of nitrogens with one attached hydrogen (secondary N) is 2. The monoisotopic (exact) mass is 338 g/mol. The van der Waals surface area contributed by atoms with Crippen molar-refractivity contribution >= 4 is 24.1 Å². The molecular formula is C18H27ClN2O2. The van der Waals surface area contributed by atoms with Crippen LogP contribution < -0.4 is 10.6 Å². The summed E-state index contributed by atoms with van der Waals surface area (Å²) in [4.78, 5) is 23.7. The van der Waals surface area contributed by atoms with Crippen LogP contribution in [0.15, 0.2) is 24.3 Å². The van der Waals surface area contributed by atoms with Crippen LogP contribution in [-0.2, 0) is 0 Å². The molecule has 1 aliphatic rings. The molecule has 23 heavy (non-hydrogen) atoms. The quantitative estimate of drug-likeness (QED) is 0.475. The Balaban J connectivity index is 0.00000264. The molecule has 2 rings (SSSR count). The first-order valence-corrected chi connectivity index (χ1v) is 8.30. The molecule has 0 spiro atoms. The second-order valence-electron chi connectivity index (χ2n) is 6.00. The molecule has 1 amide bonds. The van der Waals surface area contributed by atoms with Gasteiger partial charge in [0.25, 0.3) is 5.91 Å². The van der Waals surface area contributed by atoms with Gasteiger partial charge >= 0.3 is 0 Å². The van der Waals surface area contributed by atoms with Gasteiger partial charge in [-0.05, 0) is 25.8 Å². The Morgan fingerprint density at radius 3 is 2.22 bits per heavy atom. The van der Waals surface area contributed by atoms with Crippen LogP contribution in [-0.4, -0.2) is 30.8 Å². The van der Waals surface area contributed by atoms with Crippen LogP contribution in [0.1, 0.15) is 66.2 Å². The van der Waals surface area contributed by atoms with E-state index in [0.717, 1.165) is 6.54 Å². The summed E-state index contributed by atoms with van der Waals surface area (Å²) in [7, 11) is 0. The SMILES string of the molecule is CC(=O)c1ccccc1C(=O)NCCNC1CCCCCC1.Cl. The van der Waals surface area contributed by atoms with E-state index >= 15 is 0 Å². The maximum atomic E-state index is 12.2. The highest BCUT2D eigenvalue weighted by molar-refractivity contribution is 6.07. The number of rotatable bonds is 6. The van der Waals surface area contributed by atoms with Gasteiger partial charge in [0, 0.05) is 24.7 Å². The molecule has 1 aliphatic carbocycles. The first kappa shape index (κ1) is 19.7. The Hall–Kier alpha value is -1.39. The Morgan fingerprint density at radius 2 is 1.61 bits per heavy atom. The smallest absolute Gasteiger partial charge is 0.252 e. The lowest BCUT2D eigenvalue weighted by atomic mass is 10.0. The van der Waals surface area contributed by atoms with Gasteiger partial charge in [-0.25, -0.2) is 0 Å². The minimum absolute atomic E-state index is 0. The highest BCUT2D eigenvalue weighted by Crippen LogP contribution is 2.16. The number of Topliss-reactive ketones (excluding diaryl/α,β-unsaturated/α-hetero) is 1. The van der Waals surface area contributed by atoms with Crippen LogP contribution in [0.5, 0.6) is 0 Å². The fraction of sp³-hybridized carbons (Fsp3) is 0.556. The Kier molecular flexibility index (Phi) is 8.89. The van der Waals surface area contributed by atoms with Crippen LogP contribution in [0, 0.1) is 0 Å². The van der Waals surface area contributed by atoms with Gasteiger partial charge in [-0.3, -0.25) is 9.59 Å². The second-order valence-corrected chi connectivity index (χ2v) is 6.00. The van der Waals surface area contributed by atoms with E-state index in [4.69, 9.17) is 0 Å². The third-order valence-electron chi connectivity index (χ3n) is 4.25. The van der Waals surface area contributed by atoms with Gasteiger partial charge in [0.15, 0.2) is 5.78 Å². The van der Waals surface area contributed by atoms with Crippen molar-refractivity contribution in [3.63, 3.8) is 0 Å². The lowest BCUT2D eigenvalue weighted by Crippen LogP contribution is -2.37. The minimum atomic E-state index is -0.173. The standard InChI is InChI=1S/C18H26N2O2.ClH/c1-14(21)16-10-6-7-11-17(16)18(22)20-13-12-19-15-8-4-2-3-5-9-15;/h6-7,10-11,15,19H,2-5,8-9,12-13H2,1H3,(H,20,22);1H. The summed E-state index contributed by atoms with van der Waals surface area (Å²) >= 11 is 0. The number of hydrogen-bond donors (Lipinski definition) is 2. The molecule has 1 saturated carbocycles. The lowest BCUT2D eigenvalue weighted by molar-refractivity contribution is 0.0938. The Labute approximate surface area is 144 Å². The number of halogens is 1. The summed E-state index contributed by atoms with van der Waals surface area (Å²) in [5, 5.41) is 6.42. The maximum Gasteiger partial charge on any atom is 0.252 e. The number of carbonyl (C=O) groups excluding carboxylic acids is 2. The number of amides is 1. The third kappa shape index (κ3) is 6.32. The highest BCUT2D eigenvalue weighted by atomic mass is 35.5. The van der Waals surface area contributed by atoms with Gasteiger partial charge in [0.05, 0.1) is 5.56 Å². The average molecular weight is 339 g/mol. The normalized spacial score (nSPS) is 15.3. The van der Waals surface area contributed by atoms with Crippen molar-refractivity contribution in [1.82, 2.24) is 10.6 Å². The summed E-state index contributed by atoms with van der Waals surface area (Å²) in [6.07, 6.45) is 7.77. The summed E-state index contributed by atoms with van der Waals surface area (Å²) in [5.74, 6) is -0.254. The first-order chi connectivity index (χ1) is 10.7. The largest absolute Gasteiger partial charge is 0.351 e. The molecule has 2 N–H and O–H groups in total. The minimum Gasteiger partial charge on any atom is -0.351 e. The van der Waals surface area contributed by atoms with Crippen LogP contribution >= 0.6 is 12.4 Å². The number of carbonyl (C=O) groups is 2. The molecule has 1 fully saturated rings. The van der Waals surface area contributed by atoms with E-state index < -0.39 is 0 Å². The molecule has 1 aromatic carbocycles. The van der Waals surface area contributed by atoms with Crippen molar-refractivity contribution < 1.29 is 9.59 Å². The van der Waals surface area contributed by atoms with E-state index in [-0.39, 0.29) is 24.1 Å². The van der Waals surface area contributed by atoms with Crippen molar-refractivity contribution in [1.29, 1.82) is 0 Å². The number of benzene rings is 1. The molecule has 0 aromatic heterocycles. The molecule has 1 aromatic rings. The zero-order valence-corrected chi connectivity index (χ0v) is 14.6. The maximum absolute atomic E-state index is 12.2. The van der Waals surface area contributed by atoms with E-state index in [2.05, 4.69) is 10.6 Å². The summed E-state index contributed by atoms with van der Waals surface area (Å²) < 4.78 is 0. The molecule has 0 aliphatic heterocycles. The van der Waals surface area contributed by atoms with Gasteiger partial charge in [0.1, 0.15) is 0 Å². The molecular weight excluding hydrogens is 312 g/mol. The van der Waals surface area contributed by atoms with E-state index in [1.165, 1.54) is 45.4 Å². The predicted octanol–water partition coefficient (Wildman–Crippen LogP) is 3.35. The third-order valence-corrected chi connectivity index (χ3v) is 4.25. The van der Waals surface area contributed by atoms with Crippen LogP contribution in [0.2, 0.25) is 0 Å². The van der Waals surface area contributed by atoms with E-state index in [9.17, 15) is 9.59 Å². The van der Waals surface area contributed by atoms with Crippen LogP contribution in [0.3, 0.4) is 0 Å². The molecule has 0 unspecified atom stereocenters. The van der Waals surface area contributed by atoms with Gasteiger partial charge in [-0.15, -0.1) is 12.4 Å². The van der Waals surface area contributed by atoms with Gasteiger partial charge in [0.2, 0.25) is 0 Å². The zero-order chi connectivity index (χ0) is 15.8. The average Bonchev–Trinajstić information content (AvgIpc) is 2.80. The predicted molar refractivity (Wildman–Crippen MR) is 95.5 cm³/mol. The first-order valence-electron chi connectivity index (χ1n) is 8.30. The van der Waals surface area contributed by atoms with E-state index in [1.54, 1.807) is 24.3 Å². The fourth-order valence-electron chi connectivity index (χ4n) is 3.02. The zero-order valence-electron chi connectivity index (χ0n) is 13.8. The van der Waals surface area contributed by atoms with E-state index in [1.807, 2.05) is 0 Å². The summed E-state index contributed by atoms with van der Waals surface area (Å²) in [6, 6.07) is 7.54. The van der Waals surface area contributed by atoms with Crippen LogP contribution in [0.25, 0.3) is 0 Å². The van der Waals surface area contributed by atoms with Gasteiger partial charge in [-0.1, -0.05) is 43.9 Å². The molecule has 128 valence electrons. The lowest BCUT2D eigenvalue weighted by Gasteiger charge is -2.16. The van der Waals surface area contributed by atoms with Crippen molar-refractivity contribution in [2.24, 2.45) is 0 Å². The molecule has 0 atom stereocenters. The Bertz CT molecular complexity index is 511. The topological polar surface area (TPSA) is 58.2 Å². The summed E-state index contributed by atoms with van der Waals surface area (Å²) in [6.45, 7) is 2.85. The molecule has 5 heteroatoms.